The maximum atomic E-state index is 13.5. The number of para-hydroxylation sites is 1. The van der Waals surface area contributed by atoms with Crippen LogP contribution in [0.5, 0.6) is 0 Å². The summed E-state index contributed by atoms with van der Waals surface area (Å²) < 4.78 is 27.0. The minimum atomic E-state index is -3.69. The van der Waals surface area contributed by atoms with Crippen molar-refractivity contribution >= 4 is 59.2 Å². The number of nitrogens with two attached hydrogens (primary N) is 1. The second-order valence-electron chi connectivity index (χ2n) is 8.33. The first-order chi connectivity index (χ1) is 17.4. The highest BCUT2D eigenvalue weighted by molar-refractivity contribution is 7.91. The number of nitrogens with zero attached hydrogens (tertiary/aromatic N) is 1. The monoisotopic (exact) mass is 509 g/mol. The van der Waals surface area contributed by atoms with Gasteiger partial charge in [-0.2, -0.15) is 0 Å². The van der Waals surface area contributed by atoms with E-state index in [1.807, 2.05) is 42.5 Å². The van der Waals surface area contributed by atoms with Crippen molar-refractivity contribution in [1.29, 1.82) is 0 Å². The van der Waals surface area contributed by atoms with Gasteiger partial charge in [-0.05, 0) is 60.7 Å². The van der Waals surface area contributed by atoms with Crippen molar-refractivity contribution < 1.29 is 8.42 Å². The van der Waals surface area contributed by atoms with Gasteiger partial charge in [0.05, 0.1) is 30.6 Å². The molecule has 0 saturated heterocycles. The molecule has 1 aliphatic carbocycles. The van der Waals surface area contributed by atoms with Crippen LogP contribution in [0, 0.1) is 0 Å². The molecule has 4 aromatic rings. The lowest BCUT2D eigenvalue weighted by Gasteiger charge is -2.16. The predicted molar refractivity (Wildman–Crippen MR) is 146 cm³/mol. The molecule has 0 spiro atoms. The van der Waals surface area contributed by atoms with Gasteiger partial charge in [-0.15, -0.1) is 11.3 Å². The van der Waals surface area contributed by atoms with E-state index in [0.717, 1.165) is 26.2 Å². The van der Waals surface area contributed by atoms with Crippen molar-refractivity contribution in [2.24, 2.45) is 0 Å². The Kier molecular flexibility index (Phi) is 5.21. The van der Waals surface area contributed by atoms with Crippen molar-refractivity contribution in [3.05, 3.63) is 107 Å². The number of anilines is 3. The molecule has 3 N–H and O–H groups in total. The SMILES string of the molecule is Nc1ccc(S(=O)(=O)c2ccc(Nc3c4sc5ccccc5nc-4c4ccccc4c3=O)cc2)cc1. The lowest BCUT2D eigenvalue weighted by molar-refractivity contribution is 0.596. The highest BCUT2D eigenvalue weighted by Crippen LogP contribution is 2.40. The molecule has 1 aliphatic heterocycles. The van der Waals surface area contributed by atoms with Gasteiger partial charge in [0.15, 0.2) is 0 Å². The van der Waals surface area contributed by atoms with Gasteiger partial charge in [0.2, 0.25) is 15.3 Å². The molecule has 176 valence electrons. The Balaban J connectivity index is 1.46. The molecular formula is C28H19N3O3S2. The van der Waals surface area contributed by atoms with Gasteiger partial charge in [0.25, 0.3) is 0 Å². The molecule has 36 heavy (non-hydrogen) atoms. The van der Waals surface area contributed by atoms with Crippen LogP contribution in [-0.4, -0.2) is 13.4 Å². The van der Waals surface area contributed by atoms with Gasteiger partial charge in [-0.3, -0.25) is 4.79 Å². The number of sulfone groups is 1. The number of nitrogen functional groups attached to an aromatic ring is 1. The van der Waals surface area contributed by atoms with E-state index in [1.165, 1.54) is 35.6 Å². The van der Waals surface area contributed by atoms with Gasteiger partial charge < -0.3 is 11.1 Å². The first-order valence-electron chi connectivity index (χ1n) is 11.1. The van der Waals surface area contributed by atoms with Crippen molar-refractivity contribution in [3.63, 3.8) is 0 Å². The Labute approximate surface area is 210 Å². The smallest absolute Gasteiger partial charge is 0.211 e. The van der Waals surface area contributed by atoms with Crippen LogP contribution in [0.4, 0.5) is 17.1 Å². The summed E-state index contributed by atoms with van der Waals surface area (Å²) in [5.74, 6) is 0. The van der Waals surface area contributed by atoms with E-state index in [0.29, 0.717) is 22.4 Å². The summed E-state index contributed by atoms with van der Waals surface area (Å²) >= 11 is 1.50. The third-order valence-corrected chi connectivity index (χ3v) is 8.98. The Morgan fingerprint density at radius 3 is 2.08 bits per heavy atom. The molecule has 6 rings (SSSR count). The largest absolute Gasteiger partial charge is 0.399 e. The normalized spacial score (nSPS) is 11.8. The molecule has 0 radical (unpaired) electrons. The molecule has 6 nitrogen and oxygen atoms in total. The van der Waals surface area contributed by atoms with Crippen molar-refractivity contribution in [2.45, 2.75) is 9.79 Å². The van der Waals surface area contributed by atoms with E-state index in [1.54, 1.807) is 30.3 Å². The lowest BCUT2D eigenvalue weighted by Crippen LogP contribution is -2.12. The zero-order chi connectivity index (χ0) is 24.9. The van der Waals surface area contributed by atoms with Gasteiger partial charge in [-0.25, -0.2) is 13.4 Å². The molecule has 0 bridgehead atoms. The summed E-state index contributed by atoms with van der Waals surface area (Å²) in [7, 11) is -3.69. The second-order valence-corrected chi connectivity index (χ2v) is 11.3. The number of hydrogen-bond donors (Lipinski definition) is 2. The molecular weight excluding hydrogens is 490 g/mol. The zero-order valence-corrected chi connectivity index (χ0v) is 20.4. The molecule has 4 aromatic carbocycles. The van der Waals surface area contributed by atoms with E-state index in [2.05, 4.69) is 5.32 Å². The van der Waals surface area contributed by atoms with Gasteiger partial charge in [-0.1, -0.05) is 36.4 Å². The van der Waals surface area contributed by atoms with Gasteiger partial charge >= 0.3 is 0 Å². The summed E-state index contributed by atoms with van der Waals surface area (Å²) in [6.45, 7) is 0. The summed E-state index contributed by atoms with van der Waals surface area (Å²) in [6.07, 6.45) is 0. The topological polar surface area (TPSA) is 102 Å². The molecule has 0 unspecified atom stereocenters. The van der Waals surface area contributed by atoms with E-state index in [9.17, 15) is 13.2 Å². The van der Waals surface area contributed by atoms with Gasteiger partial charge in [0.1, 0.15) is 5.69 Å². The zero-order valence-electron chi connectivity index (χ0n) is 18.8. The number of aromatic nitrogens is 1. The minimum Gasteiger partial charge on any atom is -0.399 e. The van der Waals surface area contributed by atoms with Crippen LogP contribution in [0.3, 0.4) is 0 Å². The summed E-state index contributed by atoms with van der Waals surface area (Å²) in [6, 6.07) is 27.7. The summed E-state index contributed by atoms with van der Waals surface area (Å²) in [4.78, 5) is 19.5. The van der Waals surface area contributed by atoms with Crippen LogP contribution in [-0.2, 0) is 9.84 Å². The maximum Gasteiger partial charge on any atom is 0.211 e. The third-order valence-electron chi connectivity index (χ3n) is 6.03. The molecule has 0 aromatic heterocycles. The predicted octanol–water partition coefficient (Wildman–Crippen LogP) is 6.07. The Hall–Kier alpha value is -4.27. The van der Waals surface area contributed by atoms with Crippen molar-refractivity contribution in [1.82, 2.24) is 4.98 Å². The number of fused-ring (bicyclic) bond motifs is 4. The van der Waals surface area contributed by atoms with Crippen molar-refractivity contribution in [2.75, 3.05) is 11.1 Å². The van der Waals surface area contributed by atoms with E-state index >= 15 is 0 Å². The van der Waals surface area contributed by atoms with Gasteiger partial charge in [0, 0.05) is 22.1 Å². The lowest BCUT2D eigenvalue weighted by atomic mass is 10.0. The van der Waals surface area contributed by atoms with Crippen LogP contribution in [0.15, 0.2) is 112 Å². The molecule has 0 fully saturated rings. The van der Waals surface area contributed by atoms with Crippen LogP contribution >= 0.6 is 11.3 Å². The summed E-state index contributed by atoms with van der Waals surface area (Å²) in [5.41, 5.74) is 8.67. The fraction of sp³-hybridized carbons (Fsp3) is 0. The maximum absolute atomic E-state index is 13.5. The van der Waals surface area contributed by atoms with E-state index in [4.69, 9.17) is 10.7 Å². The Morgan fingerprint density at radius 2 is 1.36 bits per heavy atom. The number of hydrogen-bond acceptors (Lipinski definition) is 7. The number of rotatable bonds is 4. The van der Waals surface area contributed by atoms with Crippen LogP contribution in [0.1, 0.15) is 0 Å². The average molecular weight is 510 g/mol. The number of nitrogens with one attached hydrogen (secondary N) is 1. The first kappa shape index (κ1) is 22.2. The Bertz CT molecular complexity index is 1900. The quantitative estimate of drug-likeness (QED) is 0.170. The molecule has 8 heteroatoms. The van der Waals surface area contributed by atoms with E-state index in [-0.39, 0.29) is 15.2 Å². The molecule has 0 atom stereocenters. The molecule has 1 heterocycles. The highest BCUT2D eigenvalue weighted by atomic mass is 32.2. The fourth-order valence-electron chi connectivity index (χ4n) is 4.20. The van der Waals surface area contributed by atoms with Crippen molar-refractivity contribution in [3.8, 4) is 10.6 Å². The Morgan fingerprint density at radius 1 is 0.750 bits per heavy atom. The molecule has 0 amide bonds. The van der Waals surface area contributed by atoms with E-state index < -0.39 is 9.84 Å². The molecule has 0 saturated carbocycles. The van der Waals surface area contributed by atoms with Crippen LogP contribution in [0.25, 0.3) is 31.6 Å². The minimum absolute atomic E-state index is 0.134. The van der Waals surface area contributed by atoms with Crippen LogP contribution < -0.4 is 16.5 Å². The fourth-order valence-corrected chi connectivity index (χ4v) is 6.54. The standard InChI is InChI=1S/C28H19N3O3S2/c29-17-9-13-19(14-10-17)36(33,34)20-15-11-18(12-16-20)30-26-27(32)22-6-2-1-5-21(22)25-28(26)35-24-8-4-3-7-23(24)31-25/h1-16,30H,29H2. The second kappa shape index (κ2) is 8.44. The number of benzene rings is 5. The molecule has 2 aliphatic rings. The van der Waals surface area contributed by atoms with Crippen LogP contribution in [0.2, 0.25) is 0 Å². The highest BCUT2D eigenvalue weighted by Gasteiger charge is 2.21. The average Bonchev–Trinajstić information content (AvgIpc) is 2.91. The summed E-state index contributed by atoms with van der Waals surface area (Å²) in [5, 5.41) is 4.62. The first-order valence-corrected chi connectivity index (χ1v) is 13.4. The third kappa shape index (κ3) is 3.67.